The summed E-state index contributed by atoms with van der Waals surface area (Å²) in [4.78, 5) is 2.56. The highest BCUT2D eigenvalue weighted by molar-refractivity contribution is 4.80. The fourth-order valence-electron chi connectivity index (χ4n) is 2.78. The van der Waals surface area contributed by atoms with E-state index in [9.17, 15) is 0 Å². The molecule has 0 aliphatic carbocycles. The van der Waals surface area contributed by atoms with E-state index in [1.54, 1.807) is 0 Å². The summed E-state index contributed by atoms with van der Waals surface area (Å²) in [5.74, 6) is 1.01. The van der Waals surface area contributed by atoms with Crippen LogP contribution in [0.3, 0.4) is 0 Å². The number of hydrogen-bond acceptors (Lipinski definition) is 2. The zero-order valence-corrected chi connectivity index (χ0v) is 8.76. The van der Waals surface area contributed by atoms with Gasteiger partial charge in [-0.3, -0.25) is 0 Å². The Morgan fingerprint density at radius 3 is 2.62 bits per heavy atom. The molecule has 2 aliphatic rings. The second-order valence-corrected chi connectivity index (χ2v) is 4.71. The maximum Gasteiger partial charge on any atom is 0.00953 e. The maximum absolute atomic E-state index is 3.44. The van der Waals surface area contributed by atoms with Gasteiger partial charge in [-0.2, -0.15) is 0 Å². The van der Waals surface area contributed by atoms with Gasteiger partial charge in [0.15, 0.2) is 0 Å². The third-order valence-corrected chi connectivity index (χ3v) is 3.74. The Bertz CT molecular complexity index is 152. The number of hydrogen-bond donors (Lipinski definition) is 1. The van der Waals surface area contributed by atoms with Crippen molar-refractivity contribution in [2.45, 2.75) is 38.1 Å². The van der Waals surface area contributed by atoms with Crippen LogP contribution in [0.5, 0.6) is 0 Å². The molecule has 0 spiro atoms. The average Bonchev–Trinajstić information content (AvgIpc) is 2.54. The van der Waals surface area contributed by atoms with Crippen molar-refractivity contribution in [2.24, 2.45) is 5.92 Å². The standard InChI is InChI=1S/C11H22N2/c1-13-8-2-3-11(13)9-10-4-6-12-7-5-10/h10-12H,2-9H2,1H3. The first kappa shape index (κ1) is 9.47. The van der Waals surface area contributed by atoms with Gasteiger partial charge in [-0.05, 0) is 64.7 Å². The second kappa shape index (κ2) is 4.43. The summed E-state index contributed by atoms with van der Waals surface area (Å²) in [6, 6.07) is 0.906. The lowest BCUT2D eigenvalue weighted by atomic mass is 9.90. The summed E-state index contributed by atoms with van der Waals surface area (Å²) in [5, 5.41) is 3.44. The SMILES string of the molecule is CN1CCCC1CC1CCNCC1. The van der Waals surface area contributed by atoms with Gasteiger partial charge in [0.25, 0.3) is 0 Å². The van der Waals surface area contributed by atoms with Crippen LogP contribution in [0.15, 0.2) is 0 Å². The molecule has 1 N–H and O–H groups in total. The Morgan fingerprint density at radius 2 is 2.00 bits per heavy atom. The van der Waals surface area contributed by atoms with Crippen LogP contribution in [0.25, 0.3) is 0 Å². The van der Waals surface area contributed by atoms with E-state index >= 15 is 0 Å². The number of piperidine rings is 1. The molecule has 2 aliphatic heterocycles. The van der Waals surface area contributed by atoms with Crippen molar-refractivity contribution in [1.82, 2.24) is 10.2 Å². The topological polar surface area (TPSA) is 15.3 Å². The zero-order valence-electron chi connectivity index (χ0n) is 8.76. The summed E-state index contributed by atoms with van der Waals surface area (Å²) in [5.41, 5.74) is 0. The third-order valence-electron chi connectivity index (χ3n) is 3.74. The molecule has 2 saturated heterocycles. The summed E-state index contributed by atoms with van der Waals surface area (Å²) < 4.78 is 0. The molecule has 0 aromatic rings. The molecule has 1 unspecified atom stereocenters. The monoisotopic (exact) mass is 182 g/mol. The van der Waals surface area contributed by atoms with Gasteiger partial charge in [0.1, 0.15) is 0 Å². The Labute approximate surface area is 81.7 Å². The van der Waals surface area contributed by atoms with Crippen molar-refractivity contribution in [3.63, 3.8) is 0 Å². The molecule has 0 amide bonds. The summed E-state index contributed by atoms with van der Waals surface area (Å²) in [6.45, 7) is 3.83. The predicted octanol–water partition coefficient (Wildman–Crippen LogP) is 1.47. The van der Waals surface area contributed by atoms with E-state index in [1.165, 1.54) is 51.7 Å². The molecule has 2 nitrogen and oxygen atoms in total. The van der Waals surface area contributed by atoms with Crippen molar-refractivity contribution in [3.8, 4) is 0 Å². The molecular formula is C11H22N2. The van der Waals surface area contributed by atoms with Crippen LogP contribution >= 0.6 is 0 Å². The molecule has 2 rings (SSSR count). The molecule has 0 radical (unpaired) electrons. The van der Waals surface area contributed by atoms with E-state index < -0.39 is 0 Å². The van der Waals surface area contributed by atoms with Gasteiger partial charge >= 0.3 is 0 Å². The first-order chi connectivity index (χ1) is 6.36. The molecule has 0 aromatic carbocycles. The minimum atomic E-state index is 0.906. The quantitative estimate of drug-likeness (QED) is 0.695. The second-order valence-electron chi connectivity index (χ2n) is 4.71. The molecule has 0 saturated carbocycles. The van der Waals surface area contributed by atoms with Crippen molar-refractivity contribution < 1.29 is 0 Å². The van der Waals surface area contributed by atoms with Gasteiger partial charge in [-0.1, -0.05) is 0 Å². The smallest absolute Gasteiger partial charge is 0.00953 e. The molecule has 2 fully saturated rings. The van der Waals surface area contributed by atoms with Crippen molar-refractivity contribution in [3.05, 3.63) is 0 Å². The highest BCUT2D eigenvalue weighted by Crippen LogP contribution is 2.25. The van der Waals surface area contributed by atoms with Crippen LogP contribution in [0.4, 0.5) is 0 Å². The number of likely N-dealkylation sites (tertiary alicyclic amines) is 1. The lowest BCUT2D eigenvalue weighted by molar-refractivity contribution is 0.235. The fourth-order valence-corrected chi connectivity index (χ4v) is 2.78. The lowest BCUT2D eigenvalue weighted by Gasteiger charge is -2.28. The van der Waals surface area contributed by atoms with Gasteiger partial charge in [0, 0.05) is 6.04 Å². The van der Waals surface area contributed by atoms with Gasteiger partial charge in [0.2, 0.25) is 0 Å². The van der Waals surface area contributed by atoms with Crippen LogP contribution in [-0.4, -0.2) is 37.6 Å². The minimum absolute atomic E-state index is 0.906. The van der Waals surface area contributed by atoms with Crippen molar-refractivity contribution in [1.29, 1.82) is 0 Å². The van der Waals surface area contributed by atoms with E-state index in [-0.39, 0.29) is 0 Å². The minimum Gasteiger partial charge on any atom is -0.317 e. The lowest BCUT2D eigenvalue weighted by Crippen LogP contribution is -2.33. The van der Waals surface area contributed by atoms with E-state index in [0.717, 1.165) is 12.0 Å². The van der Waals surface area contributed by atoms with Crippen molar-refractivity contribution >= 4 is 0 Å². The van der Waals surface area contributed by atoms with Crippen LogP contribution in [0.1, 0.15) is 32.1 Å². The first-order valence-electron chi connectivity index (χ1n) is 5.77. The fraction of sp³-hybridized carbons (Fsp3) is 1.00. The van der Waals surface area contributed by atoms with Gasteiger partial charge in [-0.15, -0.1) is 0 Å². The Balaban J connectivity index is 1.75. The predicted molar refractivity (Wildman–Crippen MR) is 55.9 cm³/mol. The number of rotatable bonds is 2. The van der Waals surface area contributed by atoms with E-state index in [4.69, 9.17) is 0 Å². The van der Waals surface area contributed by atoms with Crippen molar-refractivity contribution in [2.75, 3.05) is 26.7 Å². The number of nitrogens with zero attached hydrogens (tertiary/aromatic N) is 1. The Hall–Kier alpha value is -0.0800. The average molecular weight is 182 g/mol. The normalized spacial score (nSPS) is 32.5. The number of nitrogens with one attached hydrogen (secondary N) is 1. The molecule has 0 aromatic heterocycles. The Kier molecular flexibility index (Phi) is 3.23. The highest BCUT2D eigenvalue weighted by Gasteiger charge is 2.24. The molecule has 13 heavy (non-hydrogen) atoms. The first-order valence-corrected chi connectivity index (χ1v) is 5.77. The van der Waals surface area contributed by atoms with E-state index in [0.29, 0.717) is 0 Å². The molecule has 76 valence electrons. The van der Waals surface area contributed by atoms with Crippen LogP contribution in [-0.2, 0) is 0 Å². The van der Waals surface area contributed by atoms with Crippen LogP contribution in [0.2, 0.25) is 0 Å². The summed E-state index contributed by atoms with van der Waals surface area (Å²) >= 11 is 0. The molecule has 1 atom stereocenters. The largest absolute Gasteiger partial charge is 0.317 e. The van der Waals surface area contributed by atoms with Gasteiger partial charge in [0.05, 0.1) is 0 Å². The van der Waals surface area contributed by atoms with E-state index in [2.05, 4.69) is 17.3 Å². The maximum atomic E-state index is 3.44. The molecule has 2 heteroatoms. The van der Waals surface area contributed by atoms with E-state index in [1.807, 2.05) is 0 Å². The van der Waals surface area contributed by atoms with Gasteiger partial charge < -0.3 is 10.2 Å². The third kappa shape index (κ3) is 2.44. The van der Waals surface area contributed by atoms with Gasteiger partial charge in [-0.25, -0.2) is 0 Å². The van der Waals surface area contributed by atoms with Crippen LogP contribution in [0, 0.1) is 5.92 Å². The molecular weight excluding hydrogens is 160 g/mol. The Morgan fingerprint density at radius 1 is 1.23 bits per heavy atom. The zero-order chi connectivity index (χ0) is 9.10. The summed E-state index contributed by atoms with van der Waals surface area (Å²) in [6.07, 6.45) is 7.14. The molecule has 0 bridgehead atoms. The van der Waals surface area contributed by atoms with Crippen LogP contribution < -0.4 is 5.32 Å². The summed E-state index contributed by atoms with van der Waals surface area (Å²) in [7, 11) is 2.29. The highest BCUT2D eigenvalue weighted by atomic mass is 15.1. The molecule has 2 heterocycles.